The fourth-order valence-corrected chi connectivity index (χ4v) is 3.15. The van der Waals surface area contributed by atoms with Crippen molar-refractivity contribution in [2.45, 2.75) is 25.7 Å². The van der Waals surface area contributed by atoms with Crippen LogP contribution in [-0.2, 0) is 0 Å². The van der Waals surface area contributed by atoms with Crippen LogP contribution in [0.5, 0.6) is 0 Å². The minimum Gasteiger partial charge on any atom is -0.354 e. The van der Waals surface area contributed by atoms with Crippen LogP contribution >= 0.6 is 23.2 Å². The number of nitrogens with zero attached hydrogens (tertiary/aromatic N) is 2. The third-order valence-corrected chi connectivity index (χ3v) is 4.64. The van der Waals surface area contributed by atoms with Gasteiger partial charge >= 0.3 is 0 Å². The van der Waals surface area contributed by atoms with Gasteiger partial charge in [-0.05, 0) is 43.2 Å². The molecule has 4 nitrogen and oxygen atoms in total. The molecule has 2 aromatic rings. The Bertz CT molecular complexity index is 728. The topological polar surface area (TPSA) is 45.2 Å². The molecule has 1 fully saturated rings. The van der Waals surface area contributed by atoms with E-state index in [-0.39, 0.29) is 5.91 Å². The minimum absolute atomic E-state index is 0.0160. The summed E-state index contributed by atoms with van der Waals surface area (Å²) >= 11 is 12.2. The number of carbonyl (C=O) groups is 1. The van der Waals surface area contributed by atoms with Crippen LogP contribution in [0.2, 0.25) is 10.0 Å². The van der Waals surface area contributed by atoms with Gasteiger partial charge in [-0.3, -0.25) is 9.78 Å². The van der Waals surface area contributed by atoms with Crippen LogP contribution in [0.25, 0.3) is 0 Å². The predicted molar refractivity (Wildman–Crippen MR) is 98.4 cm³/mol. The van der Waals surface area contributed by atoms with E-state index >= 15 is 0 Å². The molecule has 0 unspecified atom stereocenters. The maximum Gasteiger partial charge on any atom is 0.272 e. The van der Waals surface area contributed by atoms with Crippen LogP contribution in [0.4, 0.5) is 11.4 Å². The summed E-state index contributed by atoms with van der Waals surface area (Å²) in [5.41, 5.74) is 1.90. The fourth-order valence-electron chi connectivity index (χ4n) is 2.81. The van der Waals surface area contributed by atoms with E-state index in [1.54, 1.807) is 36.5 Å². The second-order valence-corrected chi connectivity index (χ2v) is 6.73. The van der Waals surface area contributed by atoms with Crippen molar-refractivity contribution >= 4 is 40.5 Å². The van der Waals surface area contributed by atoms with Gasteiger partial charge in [-0.1, -0.05) is 36.0 Å². The van der Waals surface area contributed by atoms with Crippen molar-refractivity contribution in [3.8, 4) is 0 Å². The quantitative estimate of drug-likeness (QED) is 0.819. The van der Waals surface area contributed by atoms with Crippen molar-refractivity contribution in [3.63, 3.8) is 0 Å². The summed E-state index contributed by atoms with van der Waals surface area (Å²) in [6.07, 6.45) is 6.12. The summed E-state index contributed by atoms with van der Waals surface area (Å²) in [5.74, 6) is -0.0160. The lowest BCUT2D eigenvalue weighted by molar-refractivity contribution is 0.0756. The van der Waals surface area contributed by atoms with Crippen molar-refractivity contribution in [2.75, 3.05) is 18.4 Å². The summed E-state index contributed by atoms with van der Waals surface area (Å²) in [5, 5.41) is 4.36. The van der Waals surface area contributed by atoms with Crippen molar-refractivity contribution in [1.29, 1.82) is 0 Å². The largest absolute Gasteiger partial charge is 0.354 e. The van der Waals surface area contributed by atoms with E-state index in [2.05, 4.69) is 10.3 Å². The van der Waals surface area contributed by atoms with Crippen LogP contribution in [0.15, 0.2) is 36.5 Å². The number of amides is 1. The summed E-state index contributed by atoms with van der Waals surface area (Å²) in [4.78, 5) is 18.8. The standard InChI is InChI=1S/C18H19Cl2N3O/c19-13-5-6-15(20)16(11-13)22-14-7-8-21-17(12-14)18(24)23-9-3-1-2-4-10-23/h5-8,11-12H,1-4,9-10H2,(H,21,22). The van der Waals surface area contributed by atoms with Crippen LogP contribution in [0, 0.1) is 0 Å². The molecule has 3 rings (SSSR count). The number of likely N-dealkylation sites (tertiary alicyclic amines) is 1. The first-order valence-corrected chi connectivity index (χ1v) is 8.86. The zero-order valence-corrected chi connectivity index (χ0v) is 14.8. The number of pyridine rings is 1. The van der Waals surface area contributed by atoms with Gasteiger partial charge in [0.15, 0.2) is 0 Å². The van der Waals surface area contributed by atoms with Crippen molar-refractivity contribution in [2.24, 2.45) is 0 Å². The predicted octanol–water partition coefficient (Wildman–Crippen LogP) is 5.15. The number of carbonyl (C=O) groups excluding carboxylic acids is 1. The highest BCUT2D eigenvalue weighted by Crippen LogP contribution is 2.28. The van der Waals surface area contributed by atoms with E-state index in [0.717, 1.165) is 31.6 Å². The maximum atomic E-state index is 12.7. The second-order valence-electron chi connectivity index (χ2n) is 5.89. The molecule has 1 saturated heterocycles. The van der Waals surface area contributed by atoms with Crippen LogP contribution < -0.4 is 5.32 Å². The molecular formula is C18H19Cl2N3O. The molecule has 1 aromatic heterocycles. The average molecular weight is 364 g/mol. The van der Waals surface area contributed by atoms with Crippen molar-refractivity contribution in [3.05, 3.63) is 52.3 Å². The van der Waals surface area contributed by atoms with Gasteiger partial charge in [-0.15, -0.1) is 0 Å². The highest BCUT2D eigenvalue weighted by Gasteiger charge is 2.18. The molecule has 0 atom stereocenters. The number of hydrogen-bond donors (Lipinski definition) is 1. The van der Waals surface area contributed by atoms with Gasteiger partial charge in [0.05, 0.1) is 10.7 Å². The molecule has 0 aliphatic carbocycles. The average Bonchev–Trinajstić information content (AvgIpc) is 2.87. The molecule has 0 spiro atoms. The molecule has 1 aliphatic heterocycles. The molecule has 126 valence electrons. The Hall–Kier alpha value is -1.78. The summed E-state index contributed by atoms with van der Waals surface area (Å²) in [6.45, 7) is 1.61. The van der Waals surface area contributed by atoms with Gasteiger partial charge < -0.3 is 10.2 Å². The van der Waals surface area contributed by atoms with Gasteiger partial charge in [0.1, 0.15) is 5.69 Å². The van der Waals surface area contributed by atoms with Gasteiger partial charge in [0, 0.05) is 30.0 Å². The molecule has 1 aliphatic rings. The van der Waals surface area contributed by atoms with Crippen molar-refractivity contribution < 1.29 is 4.79 Å². The third-order valence-electron chi connectivity index (χ3n) is 4.08. The zero-order chi connectivity index (χ0) is 16.9. The molecular weight excluding hydrogens is 345 g/mol. The number of rotatable bonds is 3. The normalized spacial score (nSPS) is 15.0. The molecule has 1 aromatic carbocycles. The van der Waals surface area contributed by atoms with E-state index in [9.17, 15) is 4.79 Å². The summed E-state index contributed by atoms with van der Waals surface area (Å²) in [6, 6.07) is 8.77. The number of benzene rings is 1. The smallest absolute Gasteiger partial charge is 0.272 e. The van der Waals surface area contributed by atoms with Crippen LogP contribution in [-0.4, -0.2) is 28.9 Å². The lowest BCUT2D eigenvalue weighted by Crippen LogP contribution is -2.32. The Labute approximate surface area is 151 Å². The zero-order valence-electron chi connectivity index (χ0n) is 13.3. The van der Waals surface area contributed by atoms with Crippen molar-refractivity contribution in [1.82, 2.24) is 9.88 Å². The second kappa shape index (κ2) is 7.86. The first kappa shape index (κ1) is 17.1. The number of anilines is 2. The first-order valence-electron chi connectivity index (χ1n) is 8.11. The molecule has 1 amide bonds. The van der Waals surface area contributed by atoms with Crippen LogP contribution in [0.1, 0.15) is 36.2 Å². The highest BCUT2D eigenvalue weighted by atomic mass is 35.5. The number of hydrogen-bond acceptors (Lipinski definition) is 3. The fraction of sp³-hybridized carbons (Fsp3) is 0.333. The van der Waals surface area contributed by atoms with Gasteiger partial charge in [0.25, 0.3) is 5.91 Å². The Morgan fingerprint density at radius 3 is 2.54 bits per heavy atom. The van der Waals surface area contributed by atoms with E-state index in [0.29, 0.717) is 21.4 Å². The van der Waals surface area contributed by atoms with Gasteiger partial charge in [0.2, 0.25) is 0 Å². The molecule has 0 bridgehead atoms. The summed E-state index contributed by atoms with van der Waals surface area (Å²) in [7, 11) is 0. The molecule has 24 heavy (non-hydrogen) atoms. The monoisotopic (exact) mass is 363 g/mol. The molecule has 0 saturated carbocycles. The van der Waals surface area contributed by atoms with E-state index in [4.69, 9.17) is 23.2 Å². The molecule has 2 heterocycles. The number of halogens is 2. The Kier molecular flexibility index (Phi) is 5.59. The lowest BCUT2D eigenvalue weighted by atomic mass is 10.2. The summed E-state index contributed by atoms with van der Waals surface area (Å²) < 4.78 is 0. The Balaban J connectivity index is 1.78. The Morgan fingerprint density at radius 1 is 1.04 bits per heavy atom. The number of aromatic nitrogens is 1. The molecule has 0 radical (unpaired) electrons. The van der Waals surface area contributed by atoms with E-state index in [1.807, 2.05) is 4.90 Å². The Morgan fingerprint density at radius 2 is 1.79 bits per heavy atom. The lowest BCUT2D eigenvalue weighted by Gasteiger charge is -2.20. The van der Waals surface area contributed by atoms with E-state index in [1.165, 1.54) is 12.8 Å². The third kappa shape index (κ3) is 4.19. The highest BCUT2D eigenvalue weighted by molar-refractivity contribution is 6.35. The first-order chi connectivity index (χ1) is 11.6. The number of nitrogens with one attached hydrogen (secondary N) is 1. The van der Waals surface area contributed by atoms with Gasteiger partial charge in [-0.25, -0.2) is 0 Å². The SMILES string of the molecule is O=C(c1cc(Nc2cc(Cl)ccc2Cl)ccn1)N1CCCCCC1. The maximum absolute atomic E-state index is 12.7. The molecule has 1 N–H and O–H groups in total. The minimum atomic E-state index is -0.0160. The van der Waals surface area contributed by atoms with E-state index < -0.39 is 0 Å². The van der Waals surface area contributed by atoms with Gasteiger partial charge in [-0.2, -0.15) is 0 Å². The van der Waals surface area contributed by atoms with Crippen LogP contribution in [0.3, 0.4) is 0 Å². The molecule has 6 heteroatoms.